The maximum absolute atomic E-state index is 12.7. The zero-order valence-electron chi connectivity index (χ0n) is 18.5. The molecule has 1 fully saturated rings. The second-order valence-electron chi connectivity index (χ2n) is 8.57. The van der Waals surface area contributed by atoms with E-state index in [1.54, 1.807) is 12.1 Å². The topological polar surface area (TPSA) is 185 Å². The molecular weight excluding hydrogens is 435 g/mol. The second kappa shape index (κ2) is 11.3. The Morgan fingerprint density at radius 2 is 1.70 bits per heavy atom. The predicted molar refractivity (Wildman–Crippen MR) is 116 cm³/mol. The number of benzene rings is 1. The highest BCUT2D eigenvalue weighted by Crippen LogP contribution is 2.32. The first-order valence-corrected chi connectivity index (χ1v) is 10.5. The van der Waals surface area contributed by atoms with Gasteiger partial charge in [0.2, 0.25) is 5.91 Å². The number of amides is 1. The number of rotatable bonds is 12. The van der Waals surface area contributed by atoms with E-state index in [-0.39, 0.29) is 18.8 Å². The van der Waals surface area contributed by atoms with E-state index in [9.17, 15) is 24.3 Å². The Kier molecular flexibility index (Phi) is 8.97. The van der Waals surface area contributed by atoms with Crippen LogP contribution in [0.3, 0.4) is 0 Å². The molecule has 1 saturated heterocycles. The van der Waals surface area contributed by atoms with Crippen molar-refractivity contribution in [2.75, 3.05) is 0 Å². The van der Waals surface area contributed by atoms with Crippen molar-refractivity contribution < 1.29 is 43.8 Å². The molecule has 0 radical (unpaired) electrons. The molecule has 33 heavy (non-hydrogen) atoms. The number of carbonyl (C=O) groups is 4. The molecule has 1 unspecified atom stereocenters. The fourth-order valence-corrected chi connectivity index (χ4v) is 3.66. The lowest BCUT2D eigenvalue weighted by Gasteiger charge is -2.26. The van der Waals surface area contributed by atoms with E-state index in [0.717, 1.165) is 5.56 Å². The number of hydrogen-bond donors (Lipinski definition) is 5. The quantitative estimate of drug-likeness (QED) is 0.258. The van der Waals surface area contributed by atoms with Gasteiger partial charge in [0.1, 0.15) is 6.10 Å². The van der Waals surface area contributed by atoms with Crippen LogP contribution in [0.5, 0.6) is 0 Å². The van der Waals surface area contributed by atoms with E-state index < -0.39 is 67.5 Å². The normalized spacial score (nSPS) is 17.8. The molecule has 6 N–H and O–H groups in total. The molecule has 12 heteroatoms. The van der Waals surface area contributed by atoms with Crippen molar-refractivity contribution in [3.05, 3.63) is 35.9 Å². The molecule has 1 aromatic carbocycles. The van der Waals surface area contributed by atoms with Crippen LogP contribution in [0.25, 0.3) is 0 Å². The molecular formula is C21H29BN2O9. The van der Waals surface area contributed by atoms with Crippen LogP contribution in [0.4, 0.5) is 0 Å². The number of carbonyl (C=O) groups excluding carboxylic acids is 2. The molecule has 2 rings (SSSR count). The van der Waals surface area contributed by atoms with Crippen molar-refractivity contribution in [2.45, 2.75) is 63.2 Å². The third-order valence-electron chi connectivity index (χ3n) is 5.18. The number of nitrogens with two attached hydrogens (primary N) is 1. The maximum Gasteiger partial charge on any atom is 0.552 e. The fourth-order valence-electron chi connectivity index (χ4n) is 3.66. The van der Waals surface area contributed by atoms with E-state index >= 15 is 0 Å². The smallest absolute Gasteiger partial charge is 0.506 e. The molecule has 3 atom stereocenters. The Bertz CT molecular complexity index is 849. The first-order valence-electron chi connectivity index (χ1n) is 10.5. The molecule has 0 aliphatic carbocycles. The van der Waals surface area contributed by atoms with Crippen molar-refractivity contribution in [2.24, 2.45) is 11.7 Å². The standard InChI is InChI=1S/C21H29BN2O9/c1-12(2)8-15(22-32-20(31)21(33-22,10-16(25)26)11-17(27)28)24-19(30)18(29)14(23)9-13-6-4-3-5-7-13/h3-7,12,14-15,18,29H,8-11,23H2,1-2H3,(H,24,30)(H,25,26)(H,27,28)/t14?,15-,18-/m0/s1. The third kappa shape index (κ3) is 7.27. The molecule has 1 heterocycles. The van der Waals surface area contributed by atoms with Gasteiger partial charge in [0.05, 0.1) is 18.8 Å². The number of nitrogens with one attached hydrogen (secondary N) is 1. The number of hydrogen-bond acceptors (Lipinski definition) is 8. The Labute approximate surface area is 191 Å². The molecule has 1 amide bonds. The van der Waals surface area contributed by atoms with Crippen molar-refractivity contribution in [1.29, 1.82) is 0 Å². The Balaban J connectivity index is 2.15. The lowest BCUT2D eigenvalue weighted by Crippen LogP contribution is -2.55. The minimum Gasteiger partial charge on any atom is -0.506 e. The van der Waals surface area contributed by atoms with E-state index in [4.69, 9.17) is 25.3 Å². The number of carboxylic acid groups (broad SMARTS) is 2. The summed E-state index contributed by atoms with van der Waals surface area (Å²) in [7, 11) is -1.43. The minimum atomic E-state index is -2.22. The van der Waals surface area contributed by atoms with E-state index in [0.29, 0.717) is 0 Å². The number of aliphatic carboxylic acids is 2. The molecule has 0 bridgehead atoms. The zero-order chi connectivity index (χ0) is 24.8. The molecule has 1 aromatic rings. The van der Waals surface area contributed by atoms with Gasteiger partial charge in [-0.05, 0) is 24.3 Å². The molecule has 1 aliphatic heterocycles. The zero-order valence-corrected chi connectivity index (χ0v) is 18.5. The minimum absolute atomic E-state index is 0.0262. The predicted octanol–water partition coefficient (Wildman–Crippen LogP) is -0.263. The first-order chi connectivity index (χ1) is 15.4. The largest absolute Gasteiger partial charge is 0.552 e. The summed E-state index contributed by atoms with van der Waals surface area (Å²) in [6, 6.07) is 8.13. The van der Waals surface area contributed by atoms with Gasteiger partial charge in [-0.2, -0.15) is 0 Å². The van der Waals surface area contributed by atoms with Gasteiger partial charge in [-0.15, -0.1) is 0 Å². The van der Waals surface area contributed by atoms with Gasteiger partial charge >= 0.3 is 25.0 Å². The summed E-state index contributed by atoms with van der Waals surface area (Å²) in [5.41, 5.74) is 4.61. The third-order valence-corrected chi connectivity index (χ3v) is 5.18. The van der Waals surface area contributed by atoms with Gasteiger partial charge in [-0.3, -0.25) is 19.2 Å². The summed E-state index contributed by atoms with van der Waals surface area (Å²) < 4.78 is 10.7. The van der Waals surface area contributed by atoms with Crippen LogP contribution >= 0.6 is 0 Å². The molecule has 180 valence electrons. The summed E-state index contributed by atoms with van der Waals surface area (Å²) in [6.07, 6.45) is -2.94. The van der Waals surface area contributed by atoms with Crippen LogP contribution in [0, 0.1) is 5.92 Å². The summed E-state index contributed by atoms with van der Waals surface area (Å²) in [4.78, 5) is 47.6. The van der Waals surface area contributed by atoms with Gasteiger partial charge in [0.25, 0.3) is 0 Å². The number of aliphatic hydroxyl groups excluding tert-OH is 1. The molecule has 0 aromatic heterocycles. The van der Waals surface area contributed by atoms with Crippen LogP contribution in [-0.2, 0) is 34.9 Å². The molecule has 1 aliphatic rings. The highest BCUT2D eigenvalue weighted by Gasteiger charge is 2.58. The second-order valence-corrected chi connectivity index (χ2v) is 8.57. The lowest BCUT2D eigenvalue weighted by molar-refractivity contribution is -0.157. The highest BCUT2D eigenvalue weighted by atomic mass is 16.7. The SMILES string of the molecule is CC(C)C[C@H](NC(=O)[C@@H](O)C(N)Cc1ccccc1)B1OC(=O)C(CC(=O)O)(CC(=O)O)O1. The Hall–Kier alpha value is -2.96. The fraction of sp³-hybridized carbons (Fsp3) is 0.524. The van der Waals surface area contributed by atoms with Gasteiger partial charge < -0.3 is 35.7 Å². The number of aliphatic hydroxyl groups is 1. The highest BCUT2D eigenvalue weighted by molar-refractivity contribution is 6.51. The average molecular weight is 464 g/mol. The molecule has 11 nitrogen and oxygen atoms in total. The van der Waals surface area contributed by atoms with Gasteiger partial charge in [-0.25, -0.2) is 0 Å². The van der Waals surface area contributed by atoms with Crippen molar-refractivity contribution in [1.82, 2.24) is 5.32 Å². The Morgan fingerprint density at radius 3 is 2.21 bits per heavy atom. The number of carboxylic acids is 2. The van der Waals surface area contributed by atoms with Crippen molar-refractivity contribution in [3.63, 3.8) is 0 Å². The van der Waals surface area contributed by atoms with Crippen LogP contribution in [0.15, 0.2) is 30.3 Å². The van der Waals surface area contributed by atoms with Crippen molar-refractivity contribution in [3.8, 4) is 0 Å². The monoisotopic (exact) mass is 464 g/mol. The summed E-state index contributed by atoms with van der Waals surface area (Å²) in [5.74, 6) is -5.84. The van der Waals surface area contributed by atoms with Crippen LogP contribution in [0.2, 0.25) is 0 Å². The van der Waals surface area contributed by atoms with Crippen molar-refractivity contribution >= 4 is 30.9 Å². The van der Waals surface area contributed by atoms with Crippen LogP contribution in [0.1, 0.15) is 38.7 Å². The van der Waals surface area contributed by atoms with E-state index in [1.807, 2.05) is 32.0 Å². The Morgan fingerprint density at radius 1 is 1.12 bits per heavy atom. The maximum atomic E-state index is 12.7. The summed E-state index contributed by atoms with van der Waals surface area (Å²) >= 11 is 0. The molecule has 0 saturated carbocycles. The summed E-state index contributed by atoms with van der Waals surface area (Å²) in [5, 5.41) is 31.3. The average Bonchev–Trinajstić information content (AvgIpc) is 3.01. The molecule has 0 spiro atoms. The van der Waals surface area contributed by atoms with E-state index in [1.165, 1.54) is 0 Å². The van der Waals surface area contributed by atoms with Gasteiger partial charge in [0.15, 0.2) is 5.60 Å². The first kappa shape index (κ1) is 26.3. The van der Waals surface area contributed by atoms with Gasteiger partial charge in [-0.1, -0.05) is 44.2 Å². The lowest BCUT2D eigenvalue weighted by atomic mass is 9.73. The van der Waals surface area contributed by atoms with Crippen LogP contribution < -0.4 is 11.1 Å². The van der Waals surface area contributed by atoms with Crippen LogP contribution in [-0.4, -0.2) is 69.9 Å². The van der Waals surface area contributed by atoms with E-state index in [2.05, 4.69) is 5.32 Å². The van der Waals surface area contributed by atoms with Gasteiger partial charge in [0, 0.05) is 6.04 Å². The summed E-state index contributed by atoms with van der Waals surface area (Å²) in [6.45, 7) is 3.66.